The zero-order valence-electron chi connectivity index (χ0n) is 9.06. The Balaban J connectivity index is 2.68. The second-order valence-corrected chi connectivity index (χ2v) is 4.16. The molecule has 1 aliphatic carbocycles. The van der Waals surface area contributed by atoms with E-state index in [0.29, 0.717) is 13.0 Å². The highest BCUT2D eigenvalue weighted by molar-refractivity contribution is 5.54. The van der Waals surface area contributed by atoms with Crippen LogP contribution in [0.15, 0.2) is 0 Å². The summed E-state index contributed by atoms with van der Waals surface area (Å²) in [7, 11) is 1.64. The summed E-state index contributed by atoms with van der Waals surface area (Å²) in [5.41, 5.74) is 0. The average molecular weight is 210 g/mol. The van der Waals surface area contributed by atoms with Gasteiger partial charge in [0, 0.05) is 32.0 Å². The Hall–Kier alpha value is -0.850. The van der Waals surface area contributed by atoms with Gasteiger partial charge in [-0.15, -0.1) is 12.3 Å². The van der Waals surface area contributed by atoms with Crippen molar-refractivity contribution < 1.29 is 14.6 Å². The van der Waals surface area contributed by atoms with Crippen molar-refractivity contribution in [3.8, 4) is 12.3 Å². The van der Waals surface area contributed by atoms with Crippen molar-refractivity contribution in [2.75, 3.05) is 13.7 Å². The van der Waals surface area contributed by atoms with Crippen LogP contribution in [0.4, 0.5) is 0 Å². The van der Waals surface area contributed by atoms with Crippen LogP contribution >= 0.6 is 0 Å². The Morgan fingerprint density at radius 3 is 2.87 bits per heavy atom. The minimum atomic E-state index is -0.604. The van der Waals surface area contributed by atoms with E-state index < -0.39 is 6.10 Å². The molecule has 1 rings (SSSR count). The van der Waals surface area contributed by atoms with Crippen LogP contribution in [-0.2, 0) is 9.53 Å². The number of terminal acetylenes is 1. The molecule has 15 heavy (non-hydrogen) atoms. The van der Waals surface area contributed by atoms with E-state index in [0.717, 1.165) is 19.1 Å². The molecule has 0 aromatic rings. The van der Waals surface area contributed by atoms with E-state index in [1.165, 1.54) is 0 Å². The fourth-order valence-electron chi connectivity index (χ4n) is 2.38. The van der Waals surface area contributed by atoms with Gasteiger partial charge in [-0.25, -0.2) is 0 Å². The number of hydrogen-bond acceptors (Lipinski definition) is 3. The molecule has 3 heteroatoms. The van der Waals surface area contributed by atoms with Crippen molar-refractivity contribution in [1.29, 1.82) is 0 Å². The lowest BCUT2D eigenvalue weighted by molar-refractivity contribution is -0.120. The van der Waals surface area contributed by atoms with Gasteiger partial charge in [0.05, 0.1) is 6.10 Å². The van der Waals surface area contributed by atoms with E-state index in [-0.39, 0.29) is 17.8 Å². The number of ether oxygens (including phenoxy) is 1. The molecule has 0 heterocycles. The lowest BCUT2D eigenvalue weighted by atomic mass is 9.71. The predicted octanol–water partition coefficient (Wildman–Crippen LogP) is 0.858. The highest BCUT2D eigenvalue weighted by Gasteiger charge is 2.37. The normalized spacial score (nSPS) is 35.8. The van der Waals surface area contributed by atoms with Crippen LogP contribution < -0.4 is 0 Å². The molecule has 0 aromatic carbocycles. The van der Waals surface area contributed by atoms with Crippen LogP contribution in [0.2, 0.25) is 0 Å². The molecule has 4 unspecified atom stereocenters. The van der Waals surface area contributed by atoms with E-state index in [4.69, 9.17) is 11.2 Å². The fourth-order valence-corrected chi connectivity index (χ4v) is 2.38. The van der Waals surface area contributed by atoms with Crippen LogP contribution in [0.5, 0.6) is 0 Å². The number of hydrogen-bond donors (Lipinski definition) is 1. The zero-order valence-corrected chi connectivity index (χ0v) is 9.06. The van der Waals surface area contributed by atoms with Crippen LogP contribution in [0.3, 0.4) is 0 Å². The topological polar surface area (TPSA) is 46.5 Å². The lowest BCUT2D eigenvalue weighted by Gasteiger charge is -2.37. The van der Waals surface area contributed by atoms with Gasteiger partial charge < -0.3 is 14.6 Å². The monoisotopic (exact) mass is 210 g/mol. The standard InChI is InChI=1S/C12H18O3/c1-3-4-11-10(8-15-2)6-5-9(7-13)12(11)14/h1,7,9-12,14H,4-6,8H2,2H3. The molecule has 0 aromatic heterocycles. The molecule has 1 aliphatic rings. The molecule has 4 atom stereocenters. The molecule has 84 valence electrons. The third-order valence-corrected chi connectivity index (χ3v) is 3.26. The van der Waals surface area contributed by atoms with Crippen LogP contribution in [0.25, 0.3) is 0 Å². The smallest absolute Gasteiger partial charge is 0.125 e. The molecule has 3 nitrogen and oxygen atoms in total. The molecule has 0 radical (unpaired) electrons. The van der Waals surface area contributed by atoms with Crippen molar-refractivity contribution in [1.82, 2.24) is 0 Å². The summed E-state index contributed by atoms with van der Waals surface area (Å²) in [6.07, 6.45) is 7.67. The van der Waals surface area contributed by atoms with Crippen LogP contribution in [0, 0.1) is 30.1 Å². The summed E-state index contributed by atoms with van der Waals surface area (Å²) >= 11 is 0. The molecular formula is C12H18O3. The molecule has 0 bridgehead atoms. The van der Waals surface area contributed by atoms with Crippen LogP contribution in [0.1, 0.15) is 19.3 Å². The van der Waals surface area contributed by atoms with Gasteiger partial charge in [0.25, 0.3) is 0 Å². The Morgan fingerprint density at radius 1 is 1.60 bits per heavy atom. The second-order valence-electron chi connectivity index (χ2n) is 4.16. The molecule has 0 spiro atoms. The Bertz CT molecular complexity index is 244. The predicted molar refractivity (Wildman–Crippen MR) is 57.1 cm³/mol. The summed E-state index contributed by atoms with van der Waals surface area (Å²) in [6.45, 7) is 0.606. The Kier molecular flexibility index (Phi) is 4.80. The second kappa shape index (κ2) is 5.89. The van der Waals surface area contributed by atoms with Crippen molar-refractivity contribution >= 4 is 6.29 Å². The molecule has 0 amide bonds. The molecule has 1 fully saturated rings. The first-order chi connectivity index (χ1) is 7.24. The number of carbonyl (C=O) groups excluding carboxylic acids is 1. The number of carbonyl (C=O) groups is 1. The lowest BCUT2D eigenvalue weighted by Crippen LogP contribution is -2.41. The van der Waals surface area contributed by atoms with E-state index in [9.17, 15) is 9.90 Å². The van der Waals surface area contributed by atoms with Crippen LogP contribution in [-0.4, -0.2) is 31.2 Å². The summed E-state index contributed by atoms with van der Waals surface area (Å²) in [5.74, 6) is 2.59. The van der Waals surface area contributed by atoms with E-state index in [1.807, 2.05) is 0 Å². The van der Waals surface area contributed by atoms with Gasteiger partial charge in [-0.3, -0.25) is 0 Å². The fraction of sp³-hybridized carbons (Fsp3) is 0.750. The number of rotatable bonds is 4. The van der Waals surface area contributed by atoms with Crippen molar-refractivity contribution in [2.24, 2.45) is 17.8 Å². The third-order valence-electron chi connectivity index (χ3n) is 3.26. The highest BCUT2D eigenvalue weighted by atomic mass is 16.5. The van der Waals surface area contributed by atoms with Crippen molar-refractivity contribution in [3.63, 3.8) is 0 Å². The highest BCUT2D eigenvalue weighted by Crippen LogP contribution is 2.35. The summed E-state index contributed by atoms with van der Waals surface area (Å²) in [5, 5.41) is 9.97. The summed E-state index contributed by atoms with van der Waals surface area (Å²) in [4.78, 5) is 10.7. The number of aliphatic hydroxyl groups excluding tert-OH is 1. The molecular weight excluding hydrogens is 192 g/mol. The summed E-state index contributed by atoms with van der Waals surface area (Å²) < 4.78 is 5.11. The first kappa shape index (κ1) is 12.2. The minimum absolute atomic E-state index is 0.00102. The van der Waals surface area contributed by atoms with E-state index >= 15 is 0 Å². The Labute approximate surface area is 90.8 Å². The number of aldehydes is 1. The summed E-state index contributed by atoms with van der Waals surface area (Å²) in [6, 6.07) is 0. The maximum absolute atomic E-state index is 10.7. The first-order valence-corrected chi connectivity index (χ1v) is 5.30. The van der Waals surface area contributed by atoms with Gasteiger partial charge in [0.1, 0.15) is 6.29 Å². The minimum Gasteiger partial charge on any atom is -0.392 e. The Morgan fingerprint density at radius 2 is 2.33 bits per heavy atom. The molecule has 1 saturated carbocycles. The van der Waals surface area contributed by atoms with Gasteiger partial charge in [0.15, 0.2) is 0 Å². The molecule has 0 aliphatic heterocycles. The first-order valence-electron chi connectivity index (χ1n) is 5.30. The SMILES string of the molecule is C#CCC1C(COC)CCC(C=O)C1O. The number of methoxy groups -OCH3 is 1. The largest absolute Gasteiger partial charge is 0.392 e. The van der Waals surface area contributed by atoms with Gasteiger partial charge in [0.2, 0.25) is 0 Å². The maximum Gasteiger partial charge on any atom is 0.125 e. The zero-order chi connectivity index (χ0) is 11.3. The maximum atomic E-state index is 10.7. The van der Waals surface area contributed by atoms with Gasteiger partial charge in [-0.05, 0) is 18.8 Å². The van der Waals surface area contributed by atoms with E-state index in [2.05, 4.69) is 5.92 Å². The quantitative estimate of drug-likeness (QED) is 0.553. The molecule has 0 saturated heterocycles. The van der Waals surface area contributed by atoms with E-state index in [1.54, 1.807) is 7.11 Å². The van der Waals surface area contributed by atoms with Gasteiger partial charge >= 0.3 is 0 Å². The third kappa shape index (κ3) is 2.80. The van der Waals surface area contributed by atoms with Gasteiger partial charge in [-0.1, -0.05) is 0 Å². The average Bonchev–Trinajstić information content (AvgIpc) is 2.24. The van der Waals surface area contributed by atoms with Crippen molar-refractivity contribution in [2.45, 2.75) is 25.4 Å². The number of aliphatic hydroxyl groups is 1. The molecule has 1 N–H and O–H groups in total. The van der Waals surface area contributed by atoms with Gasteiger partial charge in [-0.2, -0.15) is 0 Å². The van der Waals surface area contributed by atoms with Crippen molar-refractivity contribution in [3.05, 3.63) is 0 Å².